The van der Waals surface area contributed by atoms with E-state index in [0.29, 0.717) is 5.92 Å². The van der Waals surface area contributed by atoms with Crippen LogP contribution in [0.15, 0.2) is 24.3 Å². The van der Waals surface area contributed by atoms with E-state index in [1.807, 2.05) is 25.1 Å². The highest BCUT2D eigenvalue weighted by atomic mass is 35.5. The fourth-order valence-electron chi connectivity index (χ4n) is 1.69. The van der Waals surface area contributed by atoms with Crippen molar-refractivity contribution in [3.05, 3.63) is 34.9 Å². The Morgan fingerprint density at radius 2 is 2.17 bits per heavy atom. The number of aliphatic hydroxyl groups excluding tert-OH is 1. The van der Waals surface area contributed by atoms with Crippen molar-refractivity contribution in [3.63, 3.8) is 0 Å². The highest BCUT2D eigenvalue weighted by molar-refractivity contribution is 7.99. The van der Waals surface area contributed by atoms with Gasteiger partial charge in [-0.3, -0.25) is 0 Å². The highest BCUT2D eigenvalue weighted by Crippen LogP contribution is 2.34. The third-order valence-electron chi connectivity index (χ3n) is 2.91. The Kier molecular flexibility index (Phi) is 7.08. The summed E-state index contributed by atoms with van der Waals surface area (Å²) in [5.74, 6) is 1.20. The third-order valence-corrected chi connectivity index (χ3v) is 4.89. The van der Waals surface area contributed by atoms with Crippen LogP contribution in [0.5, 0.6) is 0 Å². The topological polar surface area (TPSA) is 46.2 Å². The average molecular weight is 288 g/mol. The molecule has 0 amide bonds. The van der Waals surface area contributed by atoms with Crippen molar-refractivity contribution < 1.29 is 5.11 Å². The van der Waals surface area contributed by atoms with Crippen LogP contribution in [-0.2, 0) is 0 Å². The highest BCUT2D eigenvalue weighted by Gasteiger charge is 2.20. The first kappa shape index (κ1) is 15.8. The molecule has 1 rings (SSSR count). The van der Waals surface area contributed by atoms with Gasteiger partial charge in [-0.1, -0.05) is 37.6 Å². The number of hydrogen-bond acceptors (Lipinski definition) is 3. The molecule has 0 aliphatic rings. The summed E-state index contributed by atoms with van der Waals surface area (Å²) in [6, 6.07) is 8.00. The van der Waals surface area contributed by atoms with Gasteiger partial charge < -0.3 is 10.8 Å². The lowest BCUT2D eigenvalue weighted by molar-refractivity contribution is 0.250. The summed E-state index contributed by atoms with van der Waals surface area (Å²) < 4.78 is 0. The fraction of sp³-hybridized carbons (Fsp3) is 0.571. The average Bonchev–Trinajstić information content (AvgIpc) is 2.38. The van der Waals surface area contributed by atoms with Crippen LogP contribution >= 0.6 is 23.4 Å². The summed E-state index contributed by atoms with van der Waals surface area (Å²) in [5, 5.41) is 10.1. The van der Waals surface area contributed by atoms with Crippen molar-refractivity contribution >= 4 is 23.4 Å². The van der Waals surface area contributed by atoms with Crippen molar-refractivity contribution in [2.45, 2.75) is 31.6 Å². The van der Waals surface area contributed by atoms with E-state index < -0.39 is 0 Å². The molecule has 1 aromatic carbocycles. The van der Waals surface area contributed by atoms with Gasteiger partial charge in [0.05, 0.1) is 0 Å². The van der Waals surface area contributed by atoms with Crippen molar-refractivity contribution in [1.82, 2.24) is 0 Å². The Morgan fingerprint density at radius 3 is 2.72 bits per heavy atom. The Morgan fingerprint density at radius 1 is 1.44 bits per heavy atom. The van der Waals surface area contributed by atoms with Gasteiger partial charge in [0, 0.05) is 22.9 Å². The molecule has 3 atom stereocenters. The number of thioether (sulfide) groups is 1. The summed E-state index contributed by atoms with van der Waals surface area (Å²) >= 11 is 7.84. The SMILES string of the molecule is CCC(N)C(SCC(C)CO)c1cccc(Cl)c1. The van der Waals surface area contributed by atoms with Gasteiger partial charge in [0.25, 0.3) is 0 Å². The van der Waals surface area contributed by atoms with E-state index in [9.17, 15) is 0 Å². The van der Waals surface area contributed by atoms with Gasteiger partial charge in [0.15, 0.2) is 0 Å². The molecule has 3 unspecified atom stereocenters. The van der Waals surface area contributed by atoms with E-state index in [-0.39, 0.29) is 17.9 Å². The zero-order valence-electron chi connectivity index (χ0n) is 11.0. The molecule has 102 valence electrons. The molecule has 0 bridgehead atoms. The molecule has 0 saturated heterocycles. The number of hydrogen-bond donors (Lipinski definition) is 2. The second-order valence-corrected chi connectivity index (χ2v) is 6.28. The van der Waals surface area contributed by atoms with Crippen molar-refractivity contribution in [2.75, 3.05) is 12.4 Å². The van der Waals surface area contributed by atoms with Crippen LogP contribution in [-0.4, -0.2) is 23.5 Å². The van der Waals surface area contributed by atoms with E-state index in [1.165, 1.54) is 5.56 Å². The number of nitrogens with two attached hydrogens (primary N) is 1. The zero-order chi connectivity index (χ0) is 13.5. The van der Waals surface area contributed by atoms with E-state index in [0.717, 1.165) is 17.2 Å². The van der Waals surface area contributed by atoms with E-state index in [2.05, 4.69) is 13.0 Å². The van der Waals surface area contributed by atoms with E-state index in [4.69, 9.17) is 22.4 Å². The standard InChI is InChI=1S/C14H22ClNOS/c1-3-13(16)14(18-9-10(2)8-17)11-5-4-6-12(15)7-11/h4-7,10,13-14,17H,3,8-9,16H2,1-2H3. The molecular weight excluding hydrogens is 266 g/mol. The summed E-state index contributed by atoms with van der Waals surface area (Å²) in [6.45, 7) is 4.36. The summed E-state index contributed by atoms with van der Waals surface area (Å²) in [5.41, 5.74) is 7.37. The minimum atomic E-state index is 0.111. The van der Waals surface area contributed by atoms with Crippen LogP contribution in [0.2, 0.25) is 5.02 Å². The molecule has 0 aliphatic heterocycles. The minimum absolute atomic E-state index is 0.111. The molecule has 2 nitrogen and oxygen atoms in total. The second-order valence-electron chi connectivity index (χ2n) is 4.67. The lowest BCUT2D eigenvalue weighted by Gasteiger charge is -2.24. The molecule has 0 aromatic heterocycles. The van der Waals surface area contributed by atoms with Crippen molar-refractivity contribution in [3.8, 4) is 0 Å². The Labute approximate surface area is 119 Å². The predicted molar refractivity (Wildman–Crippen MR) is 81.2 cm³/mol. The van der Waals surface area contributed by atoms with Gasteiger partial charge in [-0.2, -0.15) is 11.8 Å². The molecule has 0 spiro atoms. The molecule has 0 fully saturated rings. The molecule has 4 heteroatoms. The molecular formula is C14H22ClNOS. The quantitative estimate of drug-likeness (QED) is 0.807. The van der Waals surface area contributed by atoms with Gasteiger partial charge in [0.1, 0.15) is 0 Å². The van der Waals surface area contributed by atoms with Crippen LogP contribution in [0.25, 0.3) is 0 Å². The largest absolute Gasteiger partial charge is 0.396 e. The monoisotopic (exact) mass is 287 g/mol. The lowest BCUT2D eigenvalue weighted by atomic mass is 10.0. The maximum Gasteiger partial charge on any atom is 0.0464 e. The number of aliphatic hydroxyl groups is 1. The molecule has 0 saturated carbocycles. The Balaban J connectivity index is 2.78. The molecule has 18 heavy (non-hydrogen) atoms. The molecule has 0 radical (unpaired) electrons. The minimum Gasteiger partial charge on any atom is -0.396 e. The first-order valence-corrected chi connectivity index (χ1v) is 7.74. The number of rotatable bonds is 7. The van der Waals surface area contributed by atoms with Crippen molar-refractivity contribution in [2.24, 2.45) is 11.7 Å². The van der Waals surface area contributed by atoms with Crippen LogP contribution in [0.1, 0.15) is 31.1 Å². The first-order chi connectivity index (χ1) is 8.58. The predicted octanol–water partition coefficient (Wildman–Crippen LogP) is 3.48. The van der Waals surface area contributed by atoms with Gasteiger partial charge >= 0.3 is 0 Å². The fourth-order valence-corrected chi connectivity index (χ4v) is 3.30. The maximum absolute atomic E-state index is 9.09. The normalized spacial score (nSPS) is 16.3. The zero-order valence-corrected chi connectivity index (χ0v) is 12.5. The van der Waals surface area contributed by atoms with E-state index >= 15 is 0 Å². The maximum atomic E-state index is 9.09. The molecule has 3 N–H and O–H groups in total. The molecule has 0 aliphatic carbocycles. The number of halogens is 1. The molecule has 0 heterocycles. The van der Waals surface area contributed by atoms with Crippen LogP contribution in [0.3, 0.4) is 0 Å². The lowest BCUT2D eigenvalue weighted by Crippen LogP contribution is -2.26. The van der Waals surface area contributed by atoms with Gasteiger partial charge in [0.2, 0.25) is 0 Å². The van der Waals surface area contributed by atoms with Crippen LogP contribution in [0, 0.1) is 5.92 Å². The Bertz CT molecular complexity index is 361. The van der Waals surface area contributed by atoms with Gasteiger partial charge in [-0.25, -0.2) is 0 Å². The van der Waals surface area contributed by atoms with Crippen LogP contribution < -0.4 is 5.73 Å². The first-order valence-electron chi connectivity index (χ1n) is 6.32. The molecule has 1 aromatic rings. The smallest absolute Gasteiger partial charge is 0.0464 e. The summed E-state index contributed by atoms with van der Waals surface area (Å²) in [7, 11) is 0. The summed E-state index contributed by atoms with van der Waals surface area (Å²) in [4.78, 5) is 0. The van der Waals surface area contributed by atoms with Gasteiger partial charge in [-0.15, -0.1) is 0 Å². The van der Waals surface area contributed by atoms with Crippen molar-refractivity contribution in [1.29, 1.82) is 0 Å². The number of benzene rings is 1. The summed E-state index contributed by atoms with van der Waals surface area (Å²) in [6.07, 6.45) is 0.928. The van der Waals surface area contributed by atoms with Crippen LogP contribution in [0.4, 0.5) is 0 Å². The van der Waals surface area contributed by atoms with E-state index in [1.54, 1.807) is 11.8 Å². The van der Waals surface area contributed by atoms with Gasteiger partial charge in [-0.05, 0) is 35.8 Å². The third kappa shape index (κ3) is 4.81. The second kappa shape index (κ2) is 8.05. The Hall–Kier alpha value is -0.220.